The predicted octanol–water partition coefficient (Wildman–Crippen LogP) is 6.18. The van der Waals surface area contributed by atoms with Crippen LogP contribution in [0.25, 0.3) is 0 Å². The molecule has 0 bridgehead atoms. The number of allylic oxidation sites excluding steroid dienone is 2. The van der Waals surface area contributed by atoms with Gasteiger partial charge in [0.2, 0.25) is 0 Å². The van der Waals surface area contributed by atoms with Crippen LogP contribution < -0.4 is 0 Å². The van der Waals surface area contributed by atoms with Crippen LogP contribution in [0, 0.1) is 62.6 Å². The number of fused-ring (bicyclic) bond motifs is 7. The minimum atomic E-state index is -2.06. The molecule has 0 spiro atoms. The Labute approximate surface area is 267 Å². The van der Waals surface area contributed by atoms with Crippen LogP contribution in [0.4, 0.5) is 0 Å². The Hall–Kier alpha value is -2.42. The molecule has 0 aromatic carbocycles. The number of aliphatic carboxylic acids is 3. The van der Waals surface area contributed by atoms with Gasteiger partial charge in [0.05, 0.1) is 11.8 Å². The number of hydrogen-bond donors (Lipinski definition) is 4. The summed E-state index contributed by atoms with van der Waals surface area (Å²) in [6.45, 7) is 16.0. The van der Waals surface area contributed by atoms with E-state index in [1.54, 1.807) is 0 Å². The molecule has 4 saturated carbocycles. The summed E-state index contributed by atoms with van der Waals surface area (Å²) in [6.07, 6.45) is 6.44. The highest BCUT2D eigenvalue weighted by molar-refractivity contribution is 5.86. The van der Waals surface area contributed by atoms with Crippen molar-refractivity contribution in [1.82, 2.24) is 0 Å². The second-order valence-electron chi connectivity index (χ2n) is 16.9. The van der Waals surface area contributed by atoms with Crippen LogP contribution in [0.3, 0.4) is 0 Å². The van der Waals surface area contributed by atoms with Crippen molar-refractivity contribution in [2.75, 3.05) is 0 Å². The highest BCUT2D eigenvalue weighted by Gasteiger charge is 2.69. The number of carbonyl (C=O) groups is 4. The molecule has 5 aliphatic rings. The van der Waals surface area contributed by atoms with E-state index in [0.717, 1.165) is 44.9 Å². The molecule has 0 aromatic heterocycles. The fourth-order valence-electron chi connectivity index (χ4n) is 11.9. The Kier molecular flexibility index (Phi) is 8.36. The Morgan fingerprint density at radius 3 is 2.16 bits per heavy atom. The van der Waals surface area contributed by atoms with Gasteiger partial charge in [-0.05, 0) is 104 Å². The molecule has 5 aliphatic carbocycles. The van der Waals surface area contributed by atoms with Crippen LogP contribution in [-0.4, -0.2) is 56.5 Å². The zero-order chi connectivity index (χ0) is 33.5. The number of ether oxygens (including phenoxy) is 1. The first-order chi connectivity index (χ1) is 20.8. The lowest BCUT2D eigenvalue weighted by molar-refractivity contribution is -0.218. The van der Waals surface area contributed by atoms with Gasteiger partial charge in [-0.3, -0.25) is 14.4 Å². The number of esters is 1. The van der Waals surface area contributed by atoms with E-state index in [1.165, 1.54) is 5.57 Å². The molecule has 5 rings (SSSR count). The lowest BCUT2D eigenvalue weighted by Crippen LogP contribution is -2.65. The van der Waals surface area contributed by atoms with Gasteiger partial charge in [-0.25, -0.2) is 4.79 Å². The molecule has 45 heavy (non-hydrogen) atoms. The lowest BCUT2D eigenvalue weighted by atomic mass is 9.33. The molecule has 4 N–H and O–H groups in total. The van der Waals surface area contributed by atoms with Gasteiger partial charge < -0.3 is 25.2 Å². The second kappa shape index (κ2) is 11.1. The molecule has 0 aromatic rings. The zero-order valence-electron chi connectivity index (χ0n) is 28.1. The number of hydrogen-bond acceptors (Lipinski definition) is 6. The summed E-state index contributed by atoms with van der Waals surface area (Å²) < 4.78 is 5.84. The highest BCUT2D eigenvalue weighted by atomic mass is 16.6. The molecule has 9 heteroatoms. The Balaban J connectivity index is 1.43. The van der Waals surface area contributed by atoms with E-state index >= 15 is 0 Å². The topological polar surface area (TPSA) is 158 Å². The Morgan fingerprint density at radius 2 is 1.56 bits per heavy atom. The third-order valence-corrected chi connectivity index (χ3v) is 14.9. The minimum Gasteiger partial charge on any atom is -0.481 e. The van der Waals surface area contributed by atoms with Crippen molar-refractivity contribution in [1.29, 1.82) is 0 Å². The van der Waals surface area contributed by atoms with Crippen molar-refractivity contribution < 1.29 is 44.3 Å². The second-order valence-corrected chi connectivity index (χ2v) is 16.9. The molecule has 3 unspecified atom stereocenters. The molecule has 0 amide bonds. The number of carbonyl (C=O) groups excluding carboxylic acids is 1. The first-order valence-electron chi connectivity index (χ1n) is 17.0. The largest absolute Gasteiger partial charge is 0.481 e. The average Bonchev–Trinajstić information content (AvgIpc) is 2.94. The predicted molar refractivity (Wildman–Crippen MR) is 166 cm³/mol. The van der Waals surface area contributed by atoms with Crippen LogP contribution in [0.2, 0.25) is 0 Å². The SMILES string of the molecule is C[C@H]1[C@H](C)CC[C@]2(C(=O)O)CC[C@]3(C)C(=CC[C@@H]4[C@@]5(C)CC[C@H](OC(=O)C(O)C(CC(=O)O)C(=O)O)C(C)(C)C5CC[C@]43C)[C@H]12. The molecule has 0 aliphatic heterocycles. The van der Waals surface area contributed by atoms with E-state index in [9.17, 15) is 34.5 Å². The van der Waals surface area contributed by atoms with Crippen LogP contribution in [0.1, 0.15) is 113 Å². The van der Waals surface area contributed by atoms with Crippen LogP contribution in [-0.2, 0) is 23.9 Å². The van der Waals surface area contributed by atoms with E-state index in [-0.39, 0.29) is 28.1 Å². The van der Waals surface area contributed by atoms with Gasteiger partial charge in [0, 0.05) is 5.41 Å². The fourth-order valence-corrected chi connectivity index (χ4v) is 11.9. The van der Waals surface area contributed by atoms with Gasteiger partial charge in [0.1, 0.15) is 12.0 Å². The van der Waals surface area contributed by atoms with Gasteiger partial charge >= 0.3 is 23.9 Å². The van der Waals surface area contributed by atoms with Crippen LogP contribution in [0.5, 0.6) is 0 Å². The third kappa shape index (κ3) is 4.79. The molecule has 9 nitrogen and oxygen atoms in total. The quantitative estimate of drug-likeness (QED) is 0.190. The first-order valence-corrected chi connectivity index (χ1v) is 17.0. The molecule has 4 fully saturated rings. The van der Waals surface area contributed by atoms with Gasteiger partial charge in [-0.1, -0.05) is 60.1 Å². The van der Waals surface area contributed by atoms with E-state index in [4.69, 9.17) is 9.84 Å². The van der Waals surface area contributed by atoms with Crippen molar-refractivity contribution in [3.63, 3.8) is 0 Å². The number of carboxylic acids is 3. The summed E-state index contributed by atoms with van der Waals surface area (Å²) in [5.74, 6) is -5.05. The summed E-state index contributed by atoms with van der Waals surface area (Å²) in [6, 6.07) is 0. The fraction of sp³-hybridized carbons (Fsp3) is 0.833. The molecular weight excluding hydrogens is 576 g/mol. The normalized spacial score (nSPS) is 44.8. The van der Waals surface area contributed by atoms with Gasteiger partial charge in [0.15, 0.2) is 6.10 Å². The Bertz CT molecular complexity index is 1290. The molecular formula is C36H54O9. The number of aliphatic hydroxyl groups excluding tert-OH is 1. The average molecular weight is 631 g/mol. The van der Waals surface area contributed by atoms with E-state index in [1.807, 2.05) is 0 Å². The summed E-state index contributed by atoms with van der Waals surface area (Å²) in [5.41, 5.74) is 0.0592. The monoisotopic (exact) mass is 630 g/mol. The highest BCUT2D eigenvalue weighted by Crippen LogP contribution is 2.75. The maximum atomic E-state index is 13.0. The third-order valence-electron chi connectivity index (χ3n) is 14.9. The number of carboxylic acid groups (broad SMARTS) is 3. The maximum absolute atomic E-state index is 13.0. The van der Waals surface area contributed by atoms with Crippen molar-refractivity contribution in [3.8, 4) is 0 Å². The van der Waals surface area contributed by atoms with E-state index < -0.39 is 59.3 Å². The molecule has 0 saturated heterocycles. The zero-order valence-corrected chi connectivity index (χ0v) is 28.1. The van der Waals surface area contributed by atoms with Crippen molar-refractivity contribution in [3.05, 3.63) is 11.6 Å². The summed E-state index contributed by atoms with van der Waals surface area (Å²) >= 11 is 0. The number of aliphatic hydroxyl groups is 1. The Morgan fingerprint density at radius 1 is 0.889 bits per heavy atom. The molecule has 252 valence electrons. The minimum absolute atomic E-state index is 0.0191. The molecule has 12 atom stereocenters. The van der Waals surface area contributed by atoms with E-state index in [2.05, 4.69) is 54.5 Å². The maximum Gasteiger partial charge on any atom is 0.336 e. The molecule has 0 radical (unpaired) electrons. The van der Waals surface area contributed by atoms with Gasteiger partial charge in [-0.15, -0.1) is 0 Å². The number of rotatable bonds is 7. The summed E-state index contributed by atoms with van der Waals surface area (Å²) in [5, 5.41) is 39.7. The van der Waals surface area contributed by atoms with Crippen molar-refractivity contribution >= 4 is 23.9 Å². The van der Waals surface area contributed by atoms with Crippen LogP contribution >= 0.6 is 0 Å². The van der Waals surface area contributed by atoms with Crippen molar-refractivity contribution in [2.24, 2.45) is 62.6 Å². The van der Waals surface area contributed by atoms with Gasteiger partial charge in [0.25, 0.3) is 0 Å². The summed E-state index contributed by atoms with van der Waals surface area (Å²) in [7, 11) is 0. The van der Waals surface area contributed by atoms with Crippen molar-refractivity contribution in [2.45, 2.75) is 125 Å². The molecule has 0 heterocycles. The smallest absolute Gasteiger partial charge is 0.336 e. The van der Waals surface area contributed by atoms with Gasteiger partial charge in [-0.2, -0.15) is 0 Å². The van der Waals surface area contributed by atoms with Crippen LogP contribution in [0.15, 0.2) is 11.6 Å². The summed E-state index contributed by atoms with van der Waals surface area (Å²) in [4.78, 5) is 48.7. The lowest BCUT2D eigenvalue weighted by Gasteiger charge is -2.71. The van der Waals surface area contributed by atoms with E-state index in [0.29, 0.717) is 30.6 Å². The standard InChI is InChI=1S/C36H54O9/c1-19-10-15-36(31(43)44)17-16-34(6)22(27(36)20(19)2)8-9-24-33(5)13-12-25(32(3,4)23(33)11-14-35(24,34)7)45-30(42)28(39)21(29(40)41)18-26(37)38/h8,19-21,23-25,27-28,39H,9-18H2,1-7H3,(H,37,38)(H,40,41)(H,43,44)/t19-,20+,21?,23?,24-,25+,27+,28?,33+,34-,35-,36+/m1/s1. The first kappa shape index (κ1) is 33.9.